The summed E-state index contributed by atoms with van der Waals surface area (Å²) in [6.45, 7) is 6.79. The van der Waals surface area contributed by atoms with Crippen LogP contribution in [0, 0.1) is 0 Å². The van der Waals surface area contributed by atoms with Gasteiger partial charge in [0.25, 0.3) is 0 Å². The van der Waals surface area contributed by atoms with E-state index in [9.17, 15) is 0 Å². The topological polar surface area (TPSA) is 51.8 Å². The van der Waals surface area contributed by atoms with Crippen molar-refractivity contribution in [2.75, 3.05) is 0 Å². The van der Waals surface area contributed by atoms with Crippen LogP contribution in [0.25, 0.3) is 0 Å². The van der Waals surface area contributed by atoms with Crippen LogP contribution >= 0.6 is 15.9 Å². The van der Waals surface area contributed by atoms with Crippen molar-refractivity contribution in [2.24, 2.45) is 5.73 Å². The Balaban J connectivity index is 3.16. The van der Waals surface area contributed by atoms with E-state index in [1.165, 1.54) is 0 Å². The first kappa shape index (κ1) is 10.6. The maximum atomic E-state index is 5.52. The van der Waals surface area contributed by atoms with Gasteiger partial charge in [0.05, 0.1) is 11.4 Å². The molecule has 72 valence electrons. The fourth-order valence-corrected chi connectivity index (χ4v) is 1.37. The van der Waals surface area contributed by atoms with Gasteiger partial charge < -0.3 is 5.73 Å². The van der Waals surface area contributed by atoms with Crippen molar-refractivity contribution in [3.63, 3.8) is 0 Å². The number of aromatic nitrogens is 2. The van der Waals surface area contributed by atoms with Gasteiger partial charge >= 0.3 is 0 Å². The second-order valence-electron chi connectivity index (χ2n) is 3.97. The monoisotopic (exact) mass is 243 g/mol. The third kappa shape index (κ3) is 2.74. The van der Waals surface area contributed by atoms with Crippen LogP contribution in [0.4, 0.5) is 0 Å². The molecule has 3 nitrogen and oxygen atoms in total. The molecule has 0 aliphatic rings. The van der Waals surface area contributed by atoms with Crippen LogP contribution in [-0.2, 0) is 12.0 Å². The first-order valence-corrected chi connectivity index (χ1v) is 4.97. The van der Waals surface area contributed by atoms with Gasteiger partial charge in [0.2, 0.25) is 0 Å². The average molecular weight is 244 g/mol. The van der Waals surface area contributed by atoms with E-state index in [2.05, 4.69) is 46.7 Å². The molecule has 13 heavy (non-hydrogen) atoms. The molecular weight excluding hydrogens is 230 g/mol. The Morgan fingerprint density at radius 1 is 1.38 bits per heavy atom. The van der Waals surface area contributed by atoms with Crippen LogP contribution in [0.1, 0.15) is 32.2 Å². The van der Waals surface area contributed by atoms with Crippen LogP contribution in [-0.4, -0.2) is 9.97 Å². The predicted molar refractivity (Wildman–Crippen MR) is 56.3 cm³/mol. The summed E-state index contributed by atoms with van der Waals surface area (Å²) < 4.78 is 0.611. The fraction of sp³-hybridized carbons (Fsp3) is 0.556. The van der Waals surface area contributed by atoms with Crippen LogP contribution in [0.2, 0.25) is 0 Å². The Kier molecular flexibility index (Phi) is 3.03. The number of halogens is 1. The molecular formula is C9H14BrN3. The van der Waals surface area contributed by atoms with Gasteiger partial charge in [-0.25, -0.2) is 9.97 Å². The standard InChI is InChI=1S/C9H14BrN3/c1-9(2,3)7-4-6(5-11)12-8(10)13-7/h4H,5,11H2,1-3H3. The van der Waals surface area contributed by atoms with Gasteiger partial charge in [-0.2, -0.15) is 0 Å². The minimum absolute atomic E-state index is 0.0371. The van der Waals surface area contributed by atoms with Gasteiger partial charge in [-0.05, 0) is 22.0 Å². The van der Waals surface area contributed by atoms with Crippen molar-refractivity contribution < 1.29 is 0 Å². The maximum Gasteiger partial charge on any atom is 0.197 e. The first-order chi connectivity index (χ1) is 5.93. The van der Waals surface area contributed by atoms with E-state index in [0.717, 1.165) is 11.4 Å². The molecule has 0 spiro atoms. The average Bonchev–Trinajstić information content (AvgIpc) is 2.01. The van der Waals surface area contributed by atoms with E-state index in [0.29, 0.717) is 11.3 Å². The highest BCUT2D eigenvalue weighted by atomic mass is 79.9. The molecule has 1 heterocycles. The lowest BCUT2D eigenvalue weighted by Gasteiger charge is -2.18. The largest absolute Gasteiger partial charge is 0.325 e. The second-order valence-corrected chi connectivity index (χ2v) is 4.68. The highest BCUT2D eigenvalue weighted by Gasteiger charge is 2.16. The van der Waals surface area contributed by atoms with E-state index < -0.39 is 0 Å². The minimum atomic E-state index is 0.0371. The van der Waals surface area contributed by atoms with Crippen molar-refractivity contribution in [3.8, 4) is 0 Å². The summed E-state index contributed by atoms with van der Waals surface area (Å²) in [6, 6.07) is 1.95. The molecule has 4 heteroatoms. The summed E-state index contributed by atoms with van der Waals surface area (Å²) in [7, 11) is 0. The Labute approximate surface area is 86.9 Å². The summed E-state index contributed by atoms with van der Waals surface area (Å²) in [5, 5.41) is 0. The van der Waals surface area contributed by atoms with Crippen LogP contribution < -0.4 is 5.73 Å². The zero-order valence-corrected chi connectivity index (χ0v) is 9.72. The van der Waals surface area contributed by atoms with E-state index in [-0.39, 0.29) is 5.41 Å². The Bertz CT molecular complexity index is 304. The summed E-state index contributed by atoms with van der Waals surface area (Å²) in [6.07, 6.45) is 0. The molecule has 0 radical (unpaired) electrons. The fourth-order valence-electron chi connectivity index (χ4n) is 0.954. The van der Waals surface area contributed by atoms with Crippen LogP contribution in [0.5, 0.6) is 0 Å². The molecule has 0 saturated heterocycles. The molecule has 0 aromatic carbocycles. The van der Waals surface area contributed by atoms with Gasteiger partial charge in [0.1, 0.15) is 0 Å². The minimum Gasteiger partial charge on any atom is -0.325 e. The van der Waals surface area contributed by atoms with E-state index in [4.69, 9.17) is 5.73 Å². The van der Waals surface area contributed by atoms with E-state index in [1.54, 1.807) is 0 Å². The Morgan fingerprint density at radius 2 is 2.00 bits per heavy atom. The summed E-state index contributed by atoms with van der Waals surface area (Å²) in [4.78, 5) is 8.45. The van der Waals surface area contributed by atoms with E-state index in [1.807, 2.05) is 6.07 Å². The molecule has 0 atom stereocenters. The number of nitrogens with two attached hydrogens (primary N) is 1. The first-order valence-electron chi connectivity index (χ1n) is 4.17. The molecule has 0 aliphatic heterocycles. The van der Waals surface area contributed by atoms with Gasteiger partial charge in [0, 0.05) is 12.0 Å². The van der Waals surface area contributed by atoms with Crippen LogP contribution in [0.3, 0.4) is 0 Å². The highest BCUT2D eigenvalue weighted by Crippen LogP contribution is 2.21. The molecule has 0 fully saturated rings. The van der Waals surface area contributed by atoms with Crippen molar-refractivity contribution in [2.45, 2.75) is 32.7 Å². The smallest absolute Gasteiger partial charge is 0.197 e. The lowest BCUT2D eigenvalue weighted by molar-refractivity contribution is 0.562. The van der Waals surface area contributed by atoms with Crippen molar-refractivity contribution in [3.05, 3.63) is 22.2 Å². The molecule has 0 unspecified atom stereocenters. The van der Waals surface area contributed by atoms with Crippen LogP contribution in [0.15, 0.2) is 10.8 Å². The van der Waals surface area contributed by atoms with Gasteiger partial charge in [-0.15, -0.1) is 0 Å². The van der Waals surface area contributed by atoms with Crippen molar-refractivity contribution in [1.29, 1.82) is 0 Å². The Morgan fingerprint density at radius 3 is 2.46 bits per heavy atom. The lowest BCUT2D eigenvalue weighted by atomic mass is 9.91. The van der Waals surface area contributed by atoms with Crippen molar-refractivity contribution >= 4 is 15.9 Å². The summed E-state index contributed by atoms with van der Waals surface area (Å²) in [5.41, 5.74) is 7.43. The zero-order chi connectivity index (χ0) is 10.1. The SMILES string of the molecule is CC(C)(C)c1cc(CN)nc(Br)n1. The van der Waals surface area contributed by atoms with Gasteiger partial charge in [-0.1, -0.05) is 20.8 Å². The zero-order valence-electron chi connectivity index (χ0n) is 8.13. The molecule has 2 N–H and O–H groups in total. The number of hydrogen-bond acceptors (Lipinski definition) is 3. The lowest BCUT2D eigenvalue weighted by Crippen LogP contribution is -2.15. The predicted octanol–water partition coefficient (Wildman–Crippen LogP) is 2.00. The normalized spacial score (nSPS) is 11.8. The second kappa shape index (κ2) is 3.72. The Hall–Kier alpha value is -0.480. The molecule has 0 saturated carbocycles. The van der Waals surface area contributed by atoms with Crippen molar-refractivity contribution in [1.82, 2.24) is 9.97 Å². The molecule has 0 aliphatic carbocycles. The van der Waals surface area contributed by atoms with E-state index >= 15 is 0 Å². The summed E-state index contributed by atoms with van der Waals surface area (Å²) in [5.74, 6) is 0. The maximum absolute atomic E-state index is 5.52. The highest BCUT2D eigenvalue weighted by molar-refractivity contribution is 9.10. The quantitative estimate of drug-likeness (QED) is 0.768. The molecule has 1 aromatic rings. The number of nitrogens with zero attached hydrogens (tertiary/aromatic N) is 2. The van der Waals surface area contributed by atoms with Gasteiger partial charge in [-0.3, -0.25) is 0 Å². The molecule has 1 aromatic heterocycles. The number of hydrogen-bond donors (Lipinski definition) is 1. The van der Waals surface area contributed by atoms with Gasteiger partial charge in [0.15, 0.2) is 4.73 Å². The molecule has 0 bridgehead atoms. The molecule has 0 amide bonds. The molecule has 1 rings (SSSR count). The number of rotatable bonds is 1. The summed E-state index contributed by atoms with van der Waals surface area (Å²) >= 11 is 3.27. The third-order valence-electron chi connectivity index (χ3n) is 1.73. The third-order valence-corrected chi connectivity index (χ3v) is 2.08.